The molecule has 3 rings (SSSR count). The highest BCUT2D eigenvalue weighted by Gasteiger charge is 2.35. The van der Waals surface area contributed by atoms with E-state index in [1.54, 1.807) is 0 Å². The fraction of sp³-hybridized carbons (Fsp3) is 0.579. The van der Waals surface area contributed by atoms with Gasteiger partial charge in [-0.05, 0) is 24.3 Å². The molecule has 2 aromatic heterocycles. The van der Waals surface area contributed by atoms with Crippen LogP contribution in [-0.2, 0) is 19.0 Å². The van der Waals surface area contributed by atoms with E-state index in [1.807, 2.05) is 36.3 Å². The Morgan fingerprint density at radius 2 is 2.20 bits per heavy atom. The van der Waals surface area contributed by atoms with Crippen molar-refractivity contribution in [3.8, 4) is 0 Å². The highest BCUT2D eigenvalue weighted by Crippen LogP contribution is 2.41. The van der Waals surface area contributed by atoms with Crippen LogP contribution in [-0.4, -0.2) is 41.3 Å². The second-order valence-electron chi connectivity index (χ2n) is 7.10. The summed E-state index contributed by atoms with van der Waals surface area (Å²) in [4.78, 5) is 8.18. The topological polar surface area (TPSA) is 45.5 Å². The van der Waals surface area contributed by atoms with Crippen LogP contribution in [0.1, 0.15) is 42.5 Å². The molecule has 0 amide bonds. The van der Waals surface area contributed by atoms with Crippen molar-refractivity contribution >= 4 is 17.3 Å². The van der Waals surface area contributed by atoms with E-state index in [0.717, 1.165) is 19.0 Å². The summed E-state index contributed by atoms with van der Waals surface area (Å²) in [5.41, 5.74) is 1.45. The Morgan fingerprint density at radius 3 is 2.80 bits per heavy atom. The number of thiophene rings is 1. The number of aromatic nitrogens is 2. The van der Waals surface area contributed by atoms with Crippen molar-refractivity contribution in [1.29, 1.82) is 0 Å². The maximum atomic E-state index is 4.50. The van der Waals surface area contributed by atoms with Crippen LogP contribution in [0.25, 0.3) is 0 Å². The molecule has 1 aliphatic carbocycles. The van der Waals surface area contributed by atoms with E-state index in [0.29, 0.717) is 0 Å². The lowest BCUT2D eigenvalue weighted by molar-refractivity contribution is 0.293. The fourth-order valence-electron chi connectivity index (χ4n) is 3.85. The molecule has 25 heavy (non-hydrogen) atoms. The average Bonchev–Trinajstić information content (AvgIpc) is 3.28. The van der Waals surface area contributed by atoms with Crippen LogP contribution >= 0.6 is 11.3 Å². The lowest BCUT2D eigenvalue weighted by atomic mass is 9.73. The lowest BCUT2D eigenvalue weighted by Crippen LogP contribution is -2.46. The van der Waals surface area contributed by atoms with Gasteiger partial charge in [0.15, 0.2) is 5.96 Å². The normalized spacial score (nSPS) is 17.5. The summed E-state index contributed by atoms with van der Waals surface area (Å²) in [5.74, 6) is 0.949. The molecule has 136 valence electrons. The van der Waals surface area contributed by atoms with E-state index in [2.05, 4.69) is 51.1 Å². The van der Waals surface area contributed by atoms with Gasteiger partial charge in [0, 0.05) is 56.3 Å². The first-order valence-corrected chi connectivity index (χ1v) is 9.94. The molecule has 2 aromatic rings. The zero-order chi connectivity index (χ0) is 17.7. The summed E-state index contributed by atoms with van der Waals surface area (Å²) in [7, 11) is 5.90. The van der Waals surface area contributed by atoms with Crippen LogP contribution in [0.15, 0.2) is 34.9 Å². The van der Waals surface area contributed by atoms with Crippen LogP contribution in [0, 0.1) is 0 Å². The highest BCUT2D eigenvalue weighted by molar-refractivity contribution is 7.10. The van der Waals surface area contributed by atoms with Gasteiger partial charge in [0.2, 0.25) is 0 Å². The zero-order valence-corrected chi connectivity index (χ0v) is 16.4. The van der Waals surface area contributed by atoms with Gasteiger partial charge in [-0.2, -0.15) is 5.10 Å². The summed E-state index contributed by atoms with van der Waals surface area (Å²) in [6.45, 7) is 1.76. The molecule has 1 aliphatic rings. The quantitative estimate of drug-likeness (QED) is 0.657. The van der Waals surface area contributed by atoms with Gasteiger partial charge < -0.3 is 10.2 Å². The number of aryl methyl sites for hydroxylation is 1. The third-order valence-electron chi connectivity index (χ3n) is 5.19. The summed E-state index contributed by atoms with van der Waals surface area (Å²) in [6, 6.07) is 4.49. The molecular weight excluding hydrogens is 330 g/mol. The van der Waals surface area contributed by atoms with Crippen molar-refractivity contribution in [3.63, 3.8) is 0 Å². The SMILES string of the molecule is CN=C(NCC1(c2cccs2)CCCCC1)N(C)Cc1cnn(C)c1. The van der Waals surface area contributed by atoms with Crippen molar-refractivity contribution in [2.75, 3.05) is 20.6 Å². The third-order valence-corrected chi connectivity index (χ3v) is 6.31. The predicted molar refractivity (Wildman–Crippen MR) is 105 cm³/mol. The lowest BCUT2D eigenvalue weighted by Gasteiger charge is -2.38. The van der Waals surface area contributed by atoms with E-state index < -0.39 is 0 Å². The molecule has 5 nitrogen and oxygen atoms in total. The van der Waals surface area contributed by atoms with E-state index in [4.69, 9.17) is 0 Å². The van der Waals surface area contributed by atoms with Crippen molar-refractivity contribution in [2.45, 2.75) is 44.1 Å². The molecule has 0 bridgehead atoms. The molecule has 1 saturated carbocycles. The van der Waals surface area contributed by atoms with Crippen LogP contribution in [0.5, 0.6) is 0 Å². The van der Waals surface area contributed by atoms with Gasteiger partial charge >= 0.3 is 0 Å². The third kappa shape index (κ3) is 4.24. The Kier molecular flexibility index (Phi) is 5.78. The first-order valence-electron chi connectivity index (χ1n) is 9.06. The molecule has 0 radical (unpaired) electrons. The van der Waals surface area contributed by atoms with Crippen molar-refractivity contribution in [3.05, 3.63) is 40.3 Å². The van der Waals surface area contributed by atoms with Crippen molar-refractivity contribution in [2.24, 2.45) is 12.0 Å². The molecule has 0 saturated heterocycles. The largest absolute Gasteiger partial charge is 0.355 e. The van der Waals surface area contributed by atoms with Gasteiger partial charge in [-0.15, -0.1) is 11.3 Å². The molecule has 2 heterocycles. The first kappa shape index (κ1) is 18.0. The fourth-order valence-corrected chi connectivity index (χ4v) is 4.84. The molecule has 0 aromatic carbocycles. The van der Waals surface area contributed by atoms with E-state index in [1.165, 1.54) is 42.5 Å². The van der Waals surface area contributed by atoms with Crippen molar-refractivity contribution in [1.82, 2.24) is 20.0 Å². The zero-order valence-electron chi connectivity index (χ0n) is 15.5. The Morgan fingerprint density at radius 1 is 1.40 bits per heavy atom. The second kappa shape index (κ2) is 8.04. The van der Waals surface area contributed by atoms with E-state index in [9.17, 15) is 0 Å². The summed E-state index contributed by atoms with van der Waals surface area (Å²) < 4.78 is 1.84. The van der Waals surface area contributed by atoms with Gasteiger partial charge in [0.05, 0.1) is 6.20 Å². The smallest absolute Gasteiger partial charge is 0.193 e. The van der Waals surface area contributed by atoms with Gasteiger partial charge in [-0.3, -0.25) is 9.67 Å². The molecule has 0 aliphatic heterocycles. The summed E-state index contributed by atoms with van der Waals surface area (Å²) in [6.07, 6.45) is 10.5. The van der Waals surface area contributed by atoms with Gasteiger partial charge in [0.1, 0.15) is 0 Å². The number of nitrogens with one attached hydrogen (secondary N) is 1. The minimum Gasteiger partial charge on any atom is -0.355 e. The van der Waals surface area contributed by atoms with Crippen LogP contribution in [0.2, 0.25) is 0 Å². The highest BCUT2D eigenvalue weighted by atomic mass is 32.1. The van der Waals surface area contributed by atoms with Crippen LogP contribution in [0.4, 0.5) is 0 Å². The minimum absolute atomic E-state index is 0.261. The number of hydrogen-bond acceptors (Lipinski definition) is 3. The maximum Gasteiger partial charge on any atom is 0.193 e. The molecule has 0 spiro atoms. The van der Waals surface area contributed by atoms with Crippen molar-refractivity contribution < 1.29 is 0 Å². The maximum absolute atomic E-state index is 4.50. The summed E-state index contributed by atoms with van der Waals surface area (Å²) >= 11 is 1.90. The molecule has 1 fully saturated rings. The van der Waals surface area contributed by atoms with E-state index >= 15 is 0 Å². The standard InChI is InChI=1S/C19H29N5S/c1-20-18(23(2)13-16-12-22-24(3)14-16)21-15-19(9-5-4-6-10-19)17-8-7-11-25-17/h7-8,11-12,14H,4-6,9-10,13,15H2,1-3H3,(H,20,21). The van der Waals surface area contributed by atoms with Gasteiger partial charge in [-0.1, -0.05) is 25.3 Å². The monoisotopic (exact) mass is 359 g/mol. The molecular formula is C19H29N5S. The Bertz CT molecular complexity index is 682. The molecule has 0 atom stereocenters. The Hall–Kier alpha value is -1.82. The van der Waals surface area contributed by atoms with Crippen LogP contribution in [0.3, 0.4) is 0 Å². The predicted octanol–water partition coefficient (Wildman–Crippen LogP) is 3.39. The molecule has 1 N–H and O–H groups in total. The first-order chi connectivity index (χ1) is 12.1. The van der Waals surface area contributed by atoms with Gasteiger partial charge in [0.25, 0.3) is 0 Å². The Labute approximate surface area is 154 Å². The second-order valence-corrected chi connectivity index (χ2v) is 8.05. The average molecular weight is 360 g/mol. The van der Waals surface area contributed by atoms with E-state index in [-0.39, 0.29) is 5.41 Å². The molecule has 0 unspecified atom stereocenters. The molecule has 6 heteroatoms. The van der Waals surface area contributed by atoms with Crippen LogP contribution < -0.4 is 5.32 Å². The number of guanidine groups is 1. The number of rotatable bonds is 5. The Balaban J connectivity index is 1.66. The van der Waals surface area contributed by atoms with Gasteiger partial charge in [-0.25, -0.2) is 0 Å². The number of hydrogen-bond donors (Lipinski definition) is 1. The minimum atomic E-state index is 0.261. The summed E-state index contributed by atoms with van der Waals surface area (Å²) in [5, 5.41) is 10.1. The number of nitrogens with zero attached hydrogens (tertiary/aromatic N) is 4. The number of aliphatic imine (C=N–C) groups is 1.